The Morgan fingerprint density at radius 3 is 2.35 bits per heavy atom. The maximum Gasteiger partial charge on any atom is 0.308 e. The van der Waals surface area contributed by atoms with Crippen molar-refractivity contribution in [3.8, 4) is 0 Å². The zero-order valence-corrected chi connectivity index (χ0v) is 18.5. The quantitative estimate of drug-likeness (QED) is 0.298. The fourth-order valence-electron chi connectivity index (χ4n) is 3.15. The van der Waals surface area contributed by atoms with E-state index in [1.54, 1.807) is 0 Å². The summed E-state index contributed by atoms with van der Waals surface area (Å²) in [7, 11) is 1.47. The molecule has 1 aromatic rings. The summed E-state index contributed by atoms with van der Waals surface area (Å²) in [6.45, 7) is 7.56. The molecular weight excluding hydrogens is 441 g/mol. The van der Waals surface area contributed by atoms with E-state index in [0.717, 1.165) is 57.8 Å². The van der Waals surface area contributed by atoms with Crippen LogP contribution < -0.4 is 5.32 Å². The van der Waals surface area contributed by atoms with Gasteiger partial charge in [0, 0.05) is 26.2 Å². The third-order valence-electron chi connectivity index (χ3n) is 4.76. The predicted octanol–water partition coefficient (Wildman–Crippen LogP) is 3.26. The molecule has 6 heteroatoms. The summed E-state index contributed by atoms with van der Waals surface area (Å²) in [6.07, 6.45) is 3.67. The monoisotopic (exact) mass is 473 g/mol. The Morgan fingerprint density at radius 2 is 1.81 bits per heavy atom. The first-order valence-electron chi connectivity index (χ1n) is 9.36. The number of nitrogens with one attached hydrogen (secondary N) is 1. The molecule has 1 saturated heterocycles. The van der Waals surface area contributed by atoms with Crippen LogP contribution in [0.1, 0.15) is 37.8 Å². The summed E-state index contributed by atoms with van der Waals surface area (Å²) in [5.41, 5.74) is 2.69. The second-order valence-electron chi connectivity index (χ2n) is 6.44. The molecule has 0 aliphatic carbocycles. The van der Waals surface area contributed by atoms with Crippen LogP contribution in [0.5, 0.6) is 0 Å². The average Bonchev–Trinajstić information content (AvgIpc) is 2.67. The molecular formula is C20H32IN3O2. The van der Waals surface area contributed by atoms with Crippen LogP contribution in [0.15, 0.2) is 29.3 Å². The molecule has 0 radical (unpaired) electrons. The minimum absolute atomic E-state index is 0. The minimum Gasteiger partial charge on any atom is -0.469 e. The Kier molecular flexibility index (Phi) is 10.6. The number of aryl methyl sites for hydroxylation is 1. The second kappa shape index (κ2) is 12.1. The molecule has 1 heterocycles. The maximum atomic E-state index is 11.7. The first-order valence-corrected chi connectivity index (χ1v) is 9.36. The number of esters is 1. The molecule has 5 nitrogen and oxygen atoms in total. The number of methoxy groups -OCH3 is 1. The average molecular weight is 473 g/mol. The van der Waals surface area contributed by atoms with Gasteiger partial charge in [0.1, 0.15) is 0 Å². The number of guanidine groups is 1. The van der Waals surface area contributed by atoms with Crippen LogP contribution in [0.25, 0.3) is 0 Å². The van der Waals surface area contributed by atoms with Gasteiger partial charge in [-0.2, -0.15) is 0 Å². The summed E-state index contributed by atoms with van der Waals surface area (Å²) < 4.78 is 4.86. The van der Waals surface area contributed by atoms with Crippen LogP contribution in [0.4, 0.5) is 0 Å². The van der Waals surface area contributed by atoms with Gasteiger partial charge in [-0.05, 0) is 43.7 Å². The van der Waals surface area contributed by atoms with Gasteiger partial charge in [0.15, 0.2) is 5.96 Å². The smallest absolute Gasteiger partial charge is 0.308 e. The largest absolute Gasteiger partial charge is 0.469 e. The van der Waals surface area contributed by atoms with Crippen LogP contribution in [-0.4, -0.2) is 50.1 Å². The Balaban J connectivity index is 0.00000338. The number of aliphatic imine (C=N–C) groups is 1. The van der Waals surface area contributed by atoms with Crippen molar-refractivity contribution in [2.45, 2.75) is 39.5 Å². The molecule has 0 unspecified atom stereocenters. The summed E-state index contributed by atoms with van der Waals surface area (Å²) in [5, 5.41) is 3.37. The van der Waals surface area contributed by atoms with Crippen LogP contribution in [-0.2, 0) is 22.4 Å². The number of nitrogens with zero attached hydrogens (tertiary/aromatic N) is 2. The molecule has 1 aliphatic rings. The van der Waals surface area contributed by atoms with Crippen LogP contribution in [0, 0.1) is 5.92 Å². The van der Waals surface area contributed by atoms with Crippen LogP contribution in [0.2, 0.25) is 0 Å². The highest BCUT2D eigenvalue weighted by atomic mass is 127. The van der Waals surface area contributed by atoms with E-state index in [1.807, 2.05) is 0 Å². The molecule has 1 aromatic carbocycles. The van der Waals surface area contributed by atoms with Crippen molar-refractivity contribution in [2.24, 2.45) is 10.9 Å². The van der Waals surface area contributed by atoms with Crippen molar-refractivity contribution in [1.29, 1.82) is 0 Å². The molecule has 0 atom stereocenters. The first-order chi connectivity index (χ1) is 12.2. The van der Waals surface area contributed by atoms with Crippen molar-refractivity contribution < 1.29 is 9.53 Å². The van der Waals surface area contributed by atoms with Gasteiger partial charge in [-0.3, -0.25) is 9.79 Å². The van der Waals surface area contributed by atoms with Gasteiger partial charge in [-0.1, -0.05) is 31.2 Å². The van der Waals surface area contributed by atoms with Crippen LogP contribution in [0.3, 0.4) is 0 Å². The molecule has 1 aliphatic heterocycles. The number of rotatable bonds is 6. The normalized spacial score (nSPS) is 15.3. The van der Waals surface area contributed by atoms with Crippen LogP contribution >= 0.6 is 24.0 Å². The lowest BCUT2D eigenvalue weighted by molar-refractivity contribution is -0.146. The fraction of sp³-hybridized carbons (Fsp3) is 0.600. The van der Waals surface area contributed by atoms with Gasteiger partial charge < -0.3 is 15.0 Å². The van der Waals surface area contributed by atoms with E-state index in [1.165, 1.54) is 18.2 Å². The molecule has 0 bridgehead atoms. The lowest BCUT2D eigenvalue weighted by Gasteiger charge is -2.33. The zero-order valence-electron chi connectivity index (χ0n) is 16.2. The van der Waals surface area contributed by atoms with Crippen molar-refractivity contribution in [1.82, 2.24) is 10.2 Å². The second-order valence-corrected chi connectivity index (χ2v) is 6.44. The topological polar surface area (TPSA) is 53.9 Å². The Morgan fingerprint density at radius 1 is 1.19 bits per heavy atom. The van der Waals surface area contributed by atoms with Gasteiger partial charge in [0.2, 0.25) is 0 Å². The Labute approximate surface area is 174 Å². The Bertz CT molecular complexity index is 567. The highest BCUT2D eigenvalue weighted by Gasteiger charge is 2.26. The molecule has 0 amide bonds. The highest BCUT2D eigenvalue weighted by molar-refractivity contribution is 14.0. The van der Waals surface area contributed by atoms with E-state index in [-0.39, 0.29) is 35.9 Å². The van der Waals surface area contributed by atoms with Crippen molar-refractivity contribution >= 4 is 35.9 Å². The minimum atomic E-state index is -0.0860. The number of hydrogen-bond acceptors (Lipinski definition) is 3. The Hall–Kier alpha value is -1.31. The van der Waals surface area contributed by atoms with Crippen molar-refractivity contribution in [3.05, 3.63) is 35.4 Å². The maximum absolute atomic E-state index is 11.7. The number of likely N-dealkylation sites (tertiary alicyclic amines) is 1. The molecule has 2 rings (SSSR count). The fourth-order valence-corrected chi connectivity index (χ4v) is 3.15. The lowest BCUT2D eigenvalue weighted by Crippen LogP contribution is -2.46. The first kappa shape index (κ1) is 22.7. The van der Waals surface area contributed by atoms with Gasteiger partial charge in [-0.15, -0.1) is 24.0 Å². The van der Waals surface area contributed by atoms with E-state index in [9.17, 15) is 4.79 Å². The van der Waals surface area contributed by atoms with E-state index in [4.69, 9.17) is 9.73 Å². The molecule has 0 saturated carbocycles. The number of carbonyl (C=O) groups is 1. The number of benzene rings is 1. The summed E-state index contributed by atoms with van der Waals surface area (Å²) in [6, 6.07) is 8.79. The molecule has 146 valence electrons. The van der Waals surface area contributed by atoms with Crippen molar-refractivity contribution in [2.75, 3.05) is 33.3 Å². The lowest BCUT2D eigenvalue weighted by atomic mass is 9.97. The highest BCUT2D eigenvalue weighted by Crippen LogP contribution is 2.18. The third kappa shape index (κ3) is 6.78. The van der Waals surface area contributed by atoms with Gasteiger partial charge in [0.05, 0.1) is 13.0 Å². The van der Waals surface area contributed by atoms with E-state index in [2.05, 4.69) is 48.3 Å². The SMILES string of the molecule is CCNC(=NCCc1ccc(CC)cc1)N1CCC(C(=O)OC)CC1.I. The van der Waals surface area contributed by atoms with Gasteiger partial charge >= 0.3 is 5.97 Å². The van der Waals surface area contributed by atoms with E-state index >= 15 is 0 Å². The van der Waals surface area contributed by atoms with E-state index in [0.29, 0.717) is 0 Å². The molecule has 26 heavy (non-hydrogen) atoms. The summed E-state index contributed by atoms with van der Waals surface area (Å²) in [5.74, 6) is 0.898. The number of piperidine rings is 1. The third-order valence-corrected chi connectivity index (χ3v) is 4.76. The van der Waals surface area contributed by atoms with Gasteiger partial charge in [0.25, 0.3) is 0 Å². The number of halogens is 1. The van der Waals surface area contributed by atoms with Crippen molar-refractivity contribution in [3.63, 3.8) is 0 Å². The van der Waals surface area contributed by atoms with Gasteiger partial charge in [-0.25, -0.2) is 0 Å². The number of ether oxygens (including phenoxy) is 1. The predicted molar refractivity (Wildman–Crippen MR) is 117 cm³/mol. The molecule has 1 N–H and O–H groups in total. The molecule has 0 aromatic heterocycles. The number of carbonyl (C=O) groups excluding carboxylic acids is 1. The number of hydrogen-bond donors (Lipinski definition) is 1. The molecule has 0 spiro atoms. The summed E-state index contributed by atoms with van der Waals surface area (Å²) in [4.78, 5) is 18.7. The molecule has 1 fully saturated rings. The van der Waals surface area contributed by atoms with E-state index < -0.39 is 0 Å². The summed E-state index contributed by atoms with van der Waals surface area (Å²) >= 11 is 0. The zero-order chi connectivity index (χ0) is 18.1. The standard InChI is InChI=1S/C20H31N3O2.HI/c1-4-16-6-8-17(9-7-16)10-13-22-20(21-5-2)23-14-11-18(12-15-23)19(24)25-3;/h6-9,18H,4-5,10-15H2,1-3H3,(H,21,22);1H.